The van der Waals surface area contributed by atoms with E-state index >= 15 is 0 Å². The zero-order valence-electron chi connectivity index (χ0n) is 18.1. The molecule has 0 saturated carbocycles. The number of benzene rings is 2. The fourth-order valence-corrected chi connectivity index (χ4v) is 4.88. The zero-order chi connectivity index (χ0) is 21.4. The van der Waals surface area contributed by atoms with Gasteiger partial charge in [-0.2, -0.15) is 0 Å². The Kier molecular flexibility index (Phi) is 5.24. The van der Waals surface area contributed by atoms with E-state index < -0.39 is 0 Å². The van der Waals surface area contributed by atoms with Crippen molar-refractivity contribution in [2.24, 2.45) is 0 Å². The molecule has 3 aromatic rings. The number of piperazine rings is 1. The number of aromatic nitrogens is 1. The number of rotatable bonds is 4. The zero-order valence-corrected chi connectivity index (χ0v) is 18.1. The van der Waals surface area contributed by atoms with Crippen molar-refractivity contribution in [2.75, 3.05) is 49.2 Å². The minimum Gasteiger partial charge on any atom is -0.398 e. The van der Waals surface area contributed by atoms with Crippen LogP contribution in [0.15, 0.2) is 36.4 Å². The lowest BCUT2D eigenvalue weighted by Gasteiger charge is -2.34. The molecule has 0 radical (unpaired) electrons. The van der Waals surface area contributed by atoms with Crippen LogP contribution in [0.2, 0.25) is 0 Å². The second kappa shape index (κ2) is 8.19. The summed E-state index contributed by atoms with van der Waals surface area (Å²) in [6.07, 6.45) is 5.72. The molecule has 31 heavy (non-hydrogen) atoms. The highest BCUT2D eigenvalue weighted by Crippen LogP contribution is 2.36. The van der Waals surface area contributed by atoms with Crippen LogP contribution in [0.25, 0.3) is 10.9 Å². The van der Waals surface area contributed by atoms with Gasteiger partial charge in [-0.05, 0) is 80.3 Å². The predicted octanol–water partition coefficient (Wildman–Crippen LogP) is 4.19. The van der Waals surface area contributed by atoms with E-state index in [2.05, 4.69) is 46.4 Å². The van der Waals surface area contributed by atoms with E-state index in [4.69, 9.17) is 16.1 Å². The van der Waals surface area contributed by atoms with Gasteiger partial charge in [0.15, 0.2) is 0 Å². The van der Waals surface area contributed by atoms with Crippen LogP contribution in [-0.4, -0.2) is 49.3 Å². The second-order valence-electron chi connectivity index (χ2n) is 8.69. The summed E-state index contributed by atoms with van der Waals surface area (Å²) in [6.45, 7) is 4.35. The van der Waals surface area contributed by atoms with E-state index in [1.54, 1.807) is 0 Å². The number of nitrogens with zero attached hydrogens (tertiary/aromatic N) is 3. The van der Waals surface area contributed by atoms with Gasteiger partial charge in [0.05, 0.1) is 5.52 Å². The van der Waals surface area contributed by atoms with Crippen molar-refractivity contribution in [1.82, 2.24) is 9.88 Å². The molecule has 2 aliphatic rings. The van der Waals surface area contributed by atoms with E-state index in [-0.39, 0.29) is 0 Å². The number of hydrogen-bond donors (Lipinski definition) is 3. The van der Waals surface area contributed by atoms with Crippen molar-refractivity contribution in [3.63, 3.8) is 0 Å². The molecule has 0 atom stereocenters. The molecule has 0 bridgehead atoms. The minimum absolute atomic E-state index is 0.650. The van der Waals surface area contributed by atoms with Crippen LogP contribution in [0.1, 0.15) is 29.5 Å². The molecule has 1 saturated heterocycles. The number of nitrogens with two attached hydrogens (primary N) is 1. The standard InChI is InChI=1S/C25H30N6/c1-30-12-14-31(15-13-30)18-8-6-17(7-9-18)28-25-20-5-3-2-4-19(20)24-21(16-26)22(27)10-11-23(24)29-25/h6-11,16,26H,2-5,12-15,27H2,1H3,(H,28,29). The van der Waals surface area contributed by atoms with Gasteiger partial charge in [-0.1, -0.05) is 0 Å². The molecule has 4 N–H and O–H groups in total. The Labute approximate surface area is 183 Å². The topological polar surface area (TPSA) is 81.3 Å². The first-order valence-corrected chi connectivity index (χ1v) is 11.2. The van der Waals surface area contributed by atoms with Crippen LogP contribution < -0.4 is 16.0 Å². The molecule has 1 fully saturated rings. The summed E-state index contributed by atoms with van der Waals surface area (Å²) in [5, 5.41) is 12.5. The average Bonchev–Trinajstić information content (AvgIpc) is 2.80. The molecule has 2 aromatic carbocycles. The average molecular weight is 415 g/mol. The molecule has 1 aromatic heterocycles. The van der Waals surface area contributed by atoms with Gasteiger partial charge < -0.3 is 26.3 Å². The van der Waals surface area contributed by atoms with Crippen molar-refractivity contribution in [3.8, 4) is 0 Å². The van der Waals surface area contributed by atoms with E-state index in [1.165, 1.54) is 29.4 Å². The fourth-order valence-electron chi connectivity index (χ4n) is 4.88. The Hall–Kier alpha value is -3.12. The van der Waals surface area contributed by atoms with E-state index in [1.807, 2.05) is 12.1 Å². The van der Waals surface area contributed by atoms with Gasteiger partial charge in [0, 0.05) is 60.4 Å². The number of likely N-dealkylation sites (N-methyl/N-ethyl adjacent to an activating group) is 1. The van der Waals surface area contributed by atoms with Crippen molar-refractivity contribution >= 4 is 40.0 Å². The Balaban J connectivity index is 1.48. The molecular formula is C25H30N6. The van der Waals surface area contributed by atoms with Crippen molar-refractivity contribution in [1.29, 1.82) is 5.41 Å². The first kappa shape index (κ1) is 19.8. The minimum atomic E-state index is 0.650. The normalized spacial score (nSPS) is 16.9. The summed E-state index contributed by atoms with van der Waals surface area (Å²) < 4.78 is 0. The molecule has 160 valence electrons. The largest absolute Gasteiger partial charge is 0.398 e. The van der Waals surface area contributed by atoms with Gasteiger partial charge >= 0.3 is 0 Å². The van der Waals surface area contributed by atoms with Gasteiger partial charge in [-0.25, -0.2) is 4.98 Å². The molecule has 0 spiro atoms. The number of fused-ring (bicyclic) bond motifs is 3. The number of anilines is 4. The summed E-state index contributed by atoms with van der Waals surface area (Å²) >= 11 is 0. The van der Waals surface area contributed by atoms with Gasteiger partial charge in [0.25, 0.3) is 0 Å². The second-order valence-corrected chi connectivity index (χ2v) is 8.69. The molecule has 1 aliphatic carbocycles. The van der Waals surface area contributed by atoms with Crippen LogP contribution in [0.3, 0.4) is 0 Å². The van der Waals surface area contributed by atoms with Crippen LogP contribution in [0.4, 0.5) is 22.9 Å². The number of pyridine rings is 1. The monoisotopic (exact) mass is 414 g/mol. The summed E-state index contributed by atoms with van der Waals surface area (Å²) in [5.74, 6) is 0.940. The molecule has 0 amide bonds. The molecule has 2 heterocycles. The van der Waals surface area contributed by atoms with Crippen molar-refractivity contribution < 1.29 is 0 Å². The van der Waals surface area contributed by atoms with E-state index in [0.717, 1.165) is 73.4 Å². The van der Waals surface area contributed by atoms with Crippen molar-refractivity contribution in [3.05, 3.63) is 53.1 Å². The molecular weight excluding hydrogens is 384 g/mol. The van der Waals surface area contributed by atoms with Gasteiger partial charge in [0.1, 0.15) is 5.82 Å². The maximum absolute atomic E-state index is 7.88. The Bertz CT molecular complexity index is 1110. The maximum atomic E-state index is 7.88. The Morgan fingerprint density at radius 2 is 1.68 bits per heavy atom. The fraction of sp³-hybridized carbons (Fsp3) is 0.360. The molecule has 6 nitrogen and oxygen atoms in total. The third-order valence-electron chi connectivity index (χ3n) is 6.69. The van der Waals surface area contributed by atoms with Crippen molar-refractivity contribution in [2.45, 2.75) is 25.7 Å². The quantitative estimate of drug-likeness (QED) is 0.441. The third kappa shape index (κ3) is 3.72. The van der Waals surface area contributed by atoms with Gasteiger partial charge in [-0.3, -0.25) is 0 Å². The smallest absolute Gasteiger partial charge is 0.134 e. The third-order valence-corrected chi connectivity index (χ3v) is 6.69. The summed E-state index contributed by atoms with van der Waals surface area (Å²) in [7, 11) is 2.18. The highest BCUT2D eigenvalue weighted by atomic mass is 15.2. The summed E-state index contributed by atoms with van der Waals surface area (Å²) in [4.78, 5) is 9.79. The Morgan fingerprint density at radius 1 is 0.968 bits per heavy atom. The molecule has 0 unspecified atom stereocenters. The predicted molar refractivity (Wildman–Crippen MR) is 130 cm³/mol. The molecule has 6 heteroatoms. The lowest BCUT2D eigenvalue weighted by molar-refractivity contribution is 0.313. The highest BCUT2D eigenvalue weighted by molar-refractivity contribution is 6.05. The van der Waals surface area contributed by atoms with E-state index in [9.17, 15) is 0 Å². The SMILES string of the molecule is CN1CCN(c2ccc(Nc3nc4ccc(N)c(C=N)c4c4c3CCCC4)cc2)CC1. The van der Waals surface area contributed by atoms with Crippen LogP contribution in [0.5, 0.6) is 0 Å². The Morgan fingerprint density at radius 3 is 2.39 bits per heavy atom. The van der Waals surface area contributed by atoms with Crippen LogP contribution in [0, 0.1) is 5.41 Å². The molecule has 1 aliphatic heterocycles. The number of hydrogen-bond acceptors (Lipinski definition) is 6. The maximum Gasteiger partial charge on any atom is 0.134 e. The van der Waals surface area contributed by atoms with Gasteiger partial charge in [-0.15, -0.1) is 0 Å². The number of aryl methyl sites for hydroxylation is 1. The molecule has 5 rings (SSSR count). The summed E-state index contributed by atoms with van der Waals surface area (Å²) in [6, 6.07) is 12.6. The van der Waals surface area contributed by atoms with Gasteiger partial charge in [0.2, 0.25) is 0 Å². The lowest BCUT2D eigenvalue weighted by atomic mass is 9.87. The first-order valence-electron chi connectivity index (χ1n) is 11.2. The van der Waals surface area contributed by atoms with Crippen LogP contribution in [-0.2, 0) is 12.8 Å². The van der Waals surface area contributed by atoms with E-state index in [0.29, 0.717) is 5.69 Å². The lowest BCUT2D eigenvalue weighted by Crippen LogP contribution is -2.44. The first-order chi connectivity index (χ1) is 15.1. The number of nitrogens with one attached hydrogen (secondary N) is 2. The highest BCUT2D eigenvalue weighted by Gasteiger charge is 2.21. The number of nitrogen functional groups attached to an aromatic ring is 1. The van der Waals surface area contributed by atoms with Crippen LogP contribution >= 0.6 is 0 Å². The summed E-state index contributed by atoms with van der Waals surface area (Å²) in [5.41, 5.74) is 13.4.